The molecule has 0 bridgehead atoms. The Bertz CT molecular complexity index is 582. The number of hydrogen-bond donors (Lipinski definition) is 2. The Hall–Kier alpha value is -2.04. The standard InChI is InChI=1S/C13H19N5/c1-9-5-6-11-10(7-9)17-12(18(11)4)8-16-13(14-2)15-3/h5-7H,8H2,1-4H3,(H2,14,15,16). The smallest absolute Gasteiger partial charge is 0.191 e. The van der Waals surface area contributed by atoms with Gasteiger partial charge in [0.15, 0.2) is 5.96 Å². The van der Waals surface area contributed by atoms with Crippen molar-refractivity contribution in [1.29, 1.82) is 0 Å². The number of rotatable bonds is 2. The summed E-state index contributed by atoms with van der Waals surface area (Å²) in [6.07, 6.45) is 0. The van der Waals surface area contributed by atoms with Gasteiger partial charge in [0.2, 0.25) is 0 Å². The lowest BCUT2D eigenvalue weighted by Crippen LogP contribution is -2.34. The fourth-order valence-corrected chi connectivity index (χ4v) is 1.96. The summed E-state index contributed by atoms with van der Waals surface area (Å²) in [7, 11) is 5.62. The van der Waals surface area contributed by atoms with Crippen LogP contribution in [-0.4, -0.2) is 29.6 Å². The molecule has 0 saturated carbocycles. The predicted octanol–water partition coefficient (Wildman–Crippen LogP) is 1.18. The normalized spacial score (nSPS) is 11.9. The molecule has 5 nitrogen and oxygen atoms in total. The van der Waals surface area contributed by atoms with Crippen molar-refractivity contribution in [3.63, 3.8) is 0 Å². The zero-order valence-corrected chi connectivity index (χ0v) is 11.3. The number of guanidine groups is 1. The van der Waals surface area contributed by atoms with Gasteiger partial charge in [-0.2, -0.15) is 0 Å². The molecule has 1 aromatic heterocycles. The van der Waals surface area contributed by atoms with E-state index in [1.165, 1.54) is 5.56 Å². The number of fused-ring (bicyclic) bond motifs is 1. The first-order valence-corrected chi connectivity index (χ1v) is 5.96. The number of imidazole rings is 1. The van der Waals surface area contributed by atoms with Gasteiger partial charge in [-0.15, -0.1) is 0 Å². The van der Waals surface area contributed by atoms with Gasteiger partial charge in [-0.05, 0) is 24.6 Å². The molecule has 0 atom stereocenters. The molecule has 0 amide bonds. The van der Waals surface area contributed by atoms with Gasteiger partial charge in [0.25, 0.3) is 0 Å². The van der Waals surface area contributed by atoms with Crippen molar-refractivity contribution in [3.05, 3.63) is 29.6 Å². The van der Waals surface area contributed by atoms with E-state index in [0.717, 1.165) is 22.8 Å². The van der Waals surface area contributed by atoms with Crippen molar-refractivity contribution in [2.45, 2.75) is 13.5 Å². The van der Waals surface area contributed by atoms with E-state index >= 15 is 0 Å². The van der Waals surface area contributed by atoms with Crippen LogP contribution in [0, 0.1) is 6.92 Å². The Labute approximate surface area is 107 Å². The SMILES string of the molecule is CN=C(NC)NCc1nc2cc(C)ccc2n1C. The van der Waals surface area contributed by atoms with Crippen LogP contribution in [0.5, 0.6) is 0 Å². The maximum absolute atomic E-state index is 4.63. The van der Waals surface area contributed by atoms with Crippen LogP contribution >= 0.6 is 0 Å². The van der Waals surface area contributed by atoms with Gasteiger partial charge in [-0.3, -0.25) is 4.99 Å². The van der Waals surface area contributed by atoms with Gasteiger partial charge in [-0.1, -0.05) is 6.07 Å². The summed E-state index contributed by atoms with van der Waals surface area (Å²) in [5, 5.41) is 6.19. The molecule has 0 aliphatic rings. The summed E-state index contributed by atoms with van der Waals surface area (Å²) >= 11 is 0. The number of aryl methyl sites for hydroxylation is 2. The number of benzene rings is 1. The summed E-state index contributed by atoms with van der Waals surface area (Å²) in [5.74, 6) is 1.75. The lowest BCUT2D eigenvalue weighted by atomic mass is 10.2. The lowest BCUT2D eigenvalue weighted by molar-refractivity contribution is 0.751. The molecule has 0 aliphatic heterocycles. The van der Waals surface area contributed by atoms with E-state index in [1.54, 1.807) is 7.05 Å². The highest BCUT2D eigenvalue weighted by molar-refractivity contribution is 5.80. The second kappa shape index (κ2) is 5.08. The molecule has 5 heteroatoms. The predicted molar refractivity (Wildman–Crippen MR) is 74.7 cm³/mol. The largest absolute Gasteiger partial charge is 0.359 e. The van der Waals surface area contributed by atoms with E-state index in [4.69, 9.17) is 0 Å². The Kier molecular flexibility index (Phi) is 3.50. The molecule has 2 N–H and O–H groups in total. The average molecular weight is 245 g/mol. The van der Waals surface area contributed by atoms with Crippen LogP contribution in [0.3, 0.4) is 0 Å². The number of hydrogen-bond acceptors (Lipinski definition) is 2. The van der Waals surface area contributed by atoms with E-state index in [-0.39, 0.29) is 0 Å². The Morgan fingerprint density at radius 2 is 2.22 bits per heavy atom. The molecule has 2 rings (SSSR count). The Balaban J connectivity index is 2.26. The number of aromatic nitrogens is 2. The van der Waals surface area contributed by atoms with Crippen LogP contribution in [-0.2, 0) is 13.6 Å². The van der Waals surface area contributed by atoms with Gasteiger partial charge in [-0.25, -0.2) is 4.98 Å². The molecule has 0 aliphatic carbocycles. The third kappa shape index (κ3) is 2.30. The molecule has 0 radical (unpaired) electrons. The molecule has 18 heavy (non-hydrogen) atoms. The first-order chi connectivity index (χ1) is 8.65. The minimum atomic E-state index is 0.651. The lowest BCUT2D eigenvalue weighted by Gasteiger charge is -2.08. The van der Waals surface area contributed by atoms with Crippen LogP contribution < -0.4 is 10.6 Å². The van der Waals surface area contributed by atoms with Gasteiger partial charge in [0.1, 0.15) is 5.82 Å². The third-order valence-corrected chi connectivity index (χ3v) is 3.00. The van der Waals surface area contributed by atoms with Crippen LogP contribution in [0.1, 0.15) is 11.4 Å². The minimum absolute atomic E-state index is 0.651. The van der Waals surface area contributed by atoms with Crippen molar-refractivity contribution in [2.75, 3.05) is 14.1 Å². The zero-order chi connectivity index (χ0) is 13.1. The molecule has 96 valence electrons. The van der Waals surface area contributed by atoms with Crippen molar-refractivity contribution in [3.8, 4) is 0 Å². The van der Waals surface area contributed by atoms with E-state index in [1.807, 2.05) is 14.1 Å². The van der Waals surface area contributed by atoms with E-state index in [0.29, 0.717) is 6.54 Å². The first-order valence-electron chi connectivity index (χ1n) is 5.96. The number of nitrogens with one attached hydrogen (secondary N) is 2. The maximum Gasteiger partial charge on any atom is 0.191 e. The summed E-state index contributed by atoms with van der Waals surface area (Å²) < 4.78 is 2.10. The fourth-order valence-electron chi connectivity index (χ4n) is 1.96. The van der Waals surface area contributed by atoms with E-state index < -0.39 is 0 Å². The van der Waals surface area contributed by atoms with Crippen molar-refractivity contribution >= 4 is 17.0 Å². The highest BCUT2D eigenvalue weighted by atomic mass is 15.2. The Morgan fingerprint density at radius 1 is 1.44 bits per heavy atom. The molecule has 1 aromatic carbocycles. The third-order valence-electron chi connectivity index (χ3n) is 3.00. The average Bonchev–Trinajstić information content (AvgIpc) is 2.67. The zero-order valence-electron chi connectivity index (χ0n) is 11.3. The van der Waals surface area contributed by atoms with Crippen molar-refractivity contribution < 1.29 is 0 Å². The second-order valence-corrected chi connectivity index (χ2v) is 4.25. The minimum Gasteiger partial charge on any atom is -0.359 e. The summed E-state index contributed by atoms with van der Waals surface area (Å²) in [6, 6.07) is 6.31. The highest BCUT2D eigenvalue weighted by Crippen LogP contribution is 2.16. The topological polar surface area (TPSA) is 54.2 Å². The van der Waals surface area contributed by atoms with Gasteiger partial charge in [0, 0.05) is 21.1 Å². The quantitative estimate of drug-likeness (QED) is 0.617. The number of nitrogens with zero attached hydrogens (tertiary/aromatic N) is 3. The molecule has 2 aromatic rings. The van der Waals surface area contributed by atoms with Crippen LogP contribution in [0.2, 0.25) is 0 Å². The summed E-state index contributed by atoms with van der Waals surface area (Å²) in [5.41, 5.74) is 3.41. The van der Waals surface area contributed by atoms with Gasteiger partial charge < -0.3 is 15.2 Å². The monoisotopic (exact) mass is 245 g/mol. The van der Waals surface area contributed by atoms with Crippen LogP contribution in [0.25, 0.3) is 11.0 Å². The van der Waals surface area contributed by atoms with Crippen LogP contribution in [0.4, 0.5) is 0 Å². The van der Waals surface area contributed by atoms with E-state index in [9.17, 15) is 0 Å². The van der Waals surface area contributed by atoms with Crippen molar-refractivity contribution in [2.24, 2.45) is 12.0 Å². The molecule has 0 saturated heterocycles. The van der Waals surface area contributed by atoms with Crippen molar-refractivity contribution in [1.82, 2.24) is 20.2 Å². The van der Waals surface area contributed by atoms with Crippen LogP contribution in [0.15, 0.2) is 23.2 Å². The number of aliphatic imine (C=N–C) groups is 1. The molecule has 0 fully saturated rings. The first kappa shape index (κ1) is 12.4. The summed E-state index contributed by atoms with van der Waals surface area (Å²) in [4.78, 5) is 8.71. The molecule has 1 heterocycles. The molecule has 0 unspecified atom stereocenters. The molecular formula is C13H19N5. The Morgan fingerprint density at radius 3 is 2.89 bits per heavy atom. The second-order valence-electron chi connectivity index (χ2n) is 4.25. The molecular weight excluding hydrogens is 226 g/mol. The maximum atomic E-state index is 4.63. The fraction of sp³-hybridized carbons (Fsp3) is 0.385. The molecule has 0 spiro atoms. The van der Waals surface area contributed by atoms with E-state index in [2.05, 4.69) is 50.3 Å². The van der Waals surface area contributed by atoms with Gasteiger partial charge >= 0.3 is 0 Å². The highest BCUT2D eigenvalue weighted by Gasteiger charge is 2.07. The van der Waals surface area contributed by atoms with Gasteiger partial charge in [0.05, 0.1) is 17.6 Å². The summed E-state index contributed by atoms with van der Waals surface area (Å²) in [6.45, 7) is 2.73.